The average molecular weight is 1040 g/mol. The molecule has 1 fully saturated rings. The summed E-state index contributed by atoms with van der Waals surface area (Å²) >= 11 is 0. The molecule has 0 bridgehead atoms. The van der Waals surface area contributed by atoms with Gasteiger partial charge in [-0.1, -0.05) is 194 Å². The lowest BCUT2D eigenvalue weighted by Gasteiger charge is -2.33. The fourth-order valence-electron chi connectivity index (χ4n) is 13.5. The summed E-state index contributed by atoms with van der Waals surface area (Å²) in [4.78, 5) is 15.2. The molecule has 1 aliphatic rings. The topological polar surface area (TPSA) is 53.5 Å². The van der Waals surface area contributed by atoms with Gasteiger partial charge < -0.3 is 13.7 Å². The quantitative estimate of drug-likeness (QED) is 0.145. The first-order valence-electron chi connectivity index (χ1n) is 28.4. The van der Waals surface area contributed by atoms with Gasteiger partial charge in [0, 0.05) is 88.8 Å². The predicted octanol–water partition coefficient (Wildman–Crippen LogP) is 19.5. The zero-order valence-electron chi connectivity index (χ0n) is 44.6. The lowest BCUT2D eigenvalue weighted by Crippen LogP contribution is -2.21. The molecule has 0 spiro atoms. The minimum Gasteiger partial charge on any atom is -0.337 e. The Bertz CT molecular complexity index is 4820. The minimum absolute atomic E-state index is 0.283. The van der Waals surface area contributed by atoms with Gasteiger partial charge in [0.25, 0.3) is 0 Å². The van der Waals surface area contributed by atoms with Crippen molar-refractivity contribution in [3.05, 3.63) is 267 Å². The van der Waals surface area contributed by atoms with E-state index in [9.17, 15) is 0 Å². The van der Waals surface area contributed by atoms with Crippen molar-refractivity contribution in [3.63, 3.8) is 0 Å². The molecule has 0 N–H and O–H groups in total. The summed E-state index contributed by atoms with van der Waals surface area (Å²) in [5.74, 6) is 1.96. The van der Waals surface area contributed by atoms with Crippen LogP contribution >= 0.6 is 0 Å². The van der Waals surface area contributed by atoms with Crippen LogP contribution in [0.15, 0.2) is 267 Å². The van der Waals surface area contributed by atoms with Crippen molar-refractivity contribution < 1.29 is 0 Å². The molecule has 0 amide bonds. The normalized spacial score (nSPS) is 14.7. The van der Waals surface area contributed by atoms with Crippen LogP contribution in [-0.2, 0) is 0 Å². The largest absolute Gasteiger partial charge is 0.337 e. The Kier molecular flexibility index (Phi) is 11.2. The highest BCUT2D eigenvalue weighted by Gasteiger charge is 2.30. The average Bonchev–Trinajstić information content (AvgIpc) is 4.26. The summed E-state index contributed by atoms with van der Waals surface area (Å²) in [6, 6.07) is 97.5. The third kappa shape index (κ3) is 7.97. The monoisotopic (exact) mass is 1040 g/mol. The first-order valence-corrected chi connectivity index (χ1v) is 28.4. The van der Waals surface area contributed by atoms with Gasteiger partial charge in [0.05, 0.1) is 11.0 Å². The molecule has 11 aromatic carbocycles. The van der Waals surface area contributed by atoms with Crippen LogP contribution in [0.3, 0.4) is 0 Å². The minimum atomic E-state index is 0.283. The zero-order chi connectivity index (χ0) is 53.4. The van der Waals surface area contributed by atoms with Gasteiger partial charge in [-0.3, -0.25) is 0 Å². The molecule has 4 aromatic heterocycles. The molecule has 2 atom stereocenters. The van der Waals surface area contributed by atoms with E-state index < -0.39 is 0 Å². The first kappa shape index (κ1) is 46.9. The third-order valence-electron chi connectivity index (χ3n) is 17.1. The number of aromatic nitrogens is 6. The molecular weight excluding hydrogens is 985 g/mol. The van der Waals surface area contributed by atoms with Crippen molar-refractivity contribution in [3.8, 4) is 73.2 Å². The van der Waals surface area contributed by atoms with E-state index in [1.807, 2.05) is 36.4 Å². The van der Waals surface area contributed by atoms with E-state index in [2.05, 4.69) is 244 Å². The number of benzene rings is 11. The highest BCUT2D eigenvalue weighted by Crippen LogP contribution is 2.47. The van der Waals surface area contributed by atoms with Gasteiger partial charge in [-0.2, -0.15) is 0 Å². The number of hydrogen-bond donors (Lipinski definition) is 0. The molecule has 15 aromatic rings. The number of fused-ring (bicyclic) bond motifs is 9. The Morgan fingerprint density at radius 1 is 0.284 bits per heavy atom. The molecule has 0 aliphatic heterocycles. The molecule has 81 heavy (non-hydrogen) atoms. The number of para-hydroxylation sites is 3. The number of rotatable bonds is 9. The van der Waals surface area contributed by atoms with Gasteiger partial charge in [0.2, 0.25) is 0 Å². The SMILES string of the molecule is c1ccc(-c2ccc3c(c2)c2cc(-c4ccc5c(c4)c4ccccc4n5-c4ccccc4)ccc2n3C2CCCC(n3c4ccccc4c4c(-c5cccc(-c6nc(-c7ccccc7)nc(-c7ccccc7)n6)c5)cccc43)C2)cc1. The van der Waals surface area contributed by atoms with Gasteiger partial charge in [-0.25, -0.2) is 15.0 Å². The third-order valence-corrected chi connectivity index (χ3v) is 17.1. The van der Waals surface area contributed by atoms with Gasteiger partial charge in [0.15, 0.2) is 17.5 Å². The Hall–Kier alpha value is -10.2. The van der Waals surface area contributed by atoms with Gasteiger partial charge in [0.1, 0.15) is 0 Å². The summed E-state index contributed by atoms with van der Waals surface area (Å²) in [5.41, 5.74) is 18.8. The fourth-order valence-corrected chi connectivity index (χ4v) is 13.5. The van der Waals surface area contributed by atoms with E-state index in [0.29, 0.717) is 17.5 Å². The van der Waals surface area contributed by atoms with E-state index >= 15 is 0 Å². The Morgan fingerprint density at radius 2 is 0.704 bits per heavy atom. The summed E-state index contributed by atoms with van der Waals surface area (Å²) < 4.78 is 7.80. The highest BCUT2D eigenvalue weighted by molar-refractivity contribution is 6.16. The second-order valence-electron chi connectivity index (χ2n) is 21.8. The summed E-state index contributed by atoms with van der Waals surface area (Å²) in [5, 5.41) is 7.66. The summed E-state index contributed by atoms with van der Waals surface area (Å²) in [6.45, 7) is 0. The highest BCUT2D eigenvalue weighted by atomic mass is 15.1. The van der Waals surface area contributed by atoms with Crippen LogP contribution in [-0.4, -0.2) is 28.7 Å². The molecule has 384 valence electrons. The van der Waals surface area contributed by atoms with Crippen LogP contribution in [0.4, 0.5) is 0 Å². The van der Waals surface area contributed by atoms with Crippen LogP contribution in [0.25, 0.3) is 139 Å². The van der Waals surface area contributed by atoms with E-state index in [4.69, 9.17) is 15.0 Å². The molecular formula is C75H54N6. The smallest absolute Gasteiger partial charge is 0.164 e. The van der Waals surface area contributed by atoms with Crippen LogP contribution in [0.2, 0.25) is 0 Å². The Balaban J connectivity index is 0.799. The number of hydrogen-bond acceptors (Lipinski definition) is 3. The van der Waals surface area contributed by atoms with Crippen LogP contribution in [0.5, 0.6) is 0 Å². The van der Waals surface area contributed by atoms with E-state index in [-0.39, 0.29) is 12.1 Å². The van der Waals surface area contributed by atoms with Gasteiger partial charge in [-0.15, -0.1) is 0 Å². The van der Waals surface area contributed by atoms with Crippen LogP contribution in [0.1, 0.15) is 37.8 Å². The molecule has 0 radical (unpaired) electrons. The van der Waals surface area contributed by atoms with E-state index in [1.54, 1.807) is 0 Å². The second-order valence-corrected chi connectivity index (χ2v) is 21.8. The Labute approximate surface area is 469 Å². The molecule has 2 unspecified atom stereocenters. The molecule has 1 saturated carbocycles. The molecule has 1 aliphatic carbocycles. The van der Waals surface area contributed by atoms with Crippen molar-refractivity contribution in [2.75, 3.05) is 0 Å². The summed E-state index contributed by atoms with van der Waals surface area (Å²) in [7, 11) is 0. The predicted molar refractivity (Wildman–Crippen MR) is 336 cm³/mol. The molecule has 6 nitrogen and oxygen atoms in total. The lowest BCUT2D eigenvalue weighted by atomic mass is 9.90. The maximum Gasteiger partial charge on any atom is 0.164 e. The molecule has 16 rings (SSSR count). The lowest BCUT2D eigenvalue weighted by molar-refractivity contribution is 0.283. The van der Waals surface area contributed by atoms with Gasteiger partial charge >= 0.3 is 0 Å². The van der Waals surface area contributed by atoms with Crippen LogP contribution < -0.4 is 0 Å². The van der Waals surface area contributed by atoms with Crippen molar-refractivity contribution in [2.24, 2.45) is 0 Å². The van der Waals surface area contributed by atoms with Crippen molar-refractivity contribution in [1.29, 1.82) is 0 Å². The van der Waals surface area contributed by atoms with Gasteiger partial charge in [-0.05, 0) is 132 Å². The van der Waals surface area contributed by atoms with Crippen molar-refractivity contribution in [2.45, 2.75) is 37.8 Å². The van der Waals surface area contributed by atoms with E-state index in [0.717, 1.165) is 47.9 Å². The zero-order valence-corrected chi connectivity index (χ0v) is 44.6. The van der Waals surface area contributed by atoms with E-state index in [1.165, 1.54) is 98.9 Å². The van der Waals surface area contributed by atoms with Crippen molar-refractivity contribution in [1.82, 2.24) is 28.7 Å². The summed E-state index contributed by atoms with van der Waals surface area (Å²) in [6.07, 6.45) is 4.37. The first-order chi connectivity index (χ1) is 40.2. The number of nitrogens with zero attached hydrogens (tertiary/aromatic N) is 6. The molecule has 6 heteroatoms. The standard InChI is InChI=1S/C75H54N6/c1-5-20-49(21-6-1)52-38-41-69-64(45-52)65-47-54(53-39-42-68-63(46-53)61-32-13-15-35-66(61)79(68)57-28-11-4-12-29-57)40-43-70(65)80(69)58-30-18-31-59(48-58)81-67-36-16-14-33-62(67)72-60(34-19-37-71(72)81)55-26-17-27-56(44-55)75-77-73(50-22-7-2-8-23-50)76-74(78-75)51-24-9-3-10-25-51/h1-17,19-29,32-47,58-59H,18,30-31,48H2. The maximum atomic E-state index is 5.11. The maximum absolute atomic E-state index is 5.11. The van der Waals surface area contributed by atoms with Crippen molar-refractivity contribution >= 4 is 65.4 Å². The second kappa shape index (κ2) is 19.3. The molecule has 0 saturated heterocycles. The van der Waals surface area contributed by atoms with Crippen LogP contribution in [0, 0.1) is 0 Å². The fraction of sp³-hybridized carbons (Fsp3) is 0.0800. The Morgan fingerprint density at radius 3 is 1.33 bits per heavy atom. The molecule has 4 heterocycles.